The molecule has 0 saturated heterocycles. The van der Waals surface area contributed by atoms with Gasteiger partial charge in [-0.05, 0) is 143 Å². The van der Waals surface area contributed by atoms with E-state index >= 15 is 0 Å². The van der Waals surface area contributed by atoms with Crippen molar-refractivity contribution >= 4 is 46.2 Å². The maximum atomic E-state index is 6.47. The van der Waals surface area contributed by atoms with E-state index in [0.29, 0.717) is 11.8 Å². The molecule has 3 heterocycles. The van der Waals surface area contributed by atoms with Gasteiger partial charge in [0.1, 0.15) is 5.58 Å². The molecule has 4 saturated carbocycles. The summed E-state index contributed by atoms with van der Waals surface area (Å²) >= 11 is 0. The van der Waals surface area contributed by atoms with Crippen LogP contribution >= 0.6 is 0 Å². The topological polar surface area (TPSA) is 43.9 Å². The summed E-state index contributed by atoms with van der Waals surface area (Å²) in [4.78, 5) is 10.1. The minimum Gasteiger partial charge on any atom is -0.501 e. The molecule has 0 spiro atoms. The first-order valence-corrected chi connectivity index (χ1v) is 28.5. The van der Waals surface area contributed by atoms with Crippen LogP contribution in [0.25, 0.3) is 72.4 Å². The van der Waals surface area contributed by atoms with E-state index in [1.54, 1.807) is 17.2 Å². The molecule has 4 nitrogen and oxygen atoms in total. The molecule has 0 amide bonds. The van der Waals surface area contributed by atoms with Crippen molar-refractivity contribution < 1.29 is 24.5 Å². The summed E-state index contributed by atoms with van der Waals surface area (Å²) < 4.78 is 8.83. The van der Waals surface area contributed by atoms with Crippen LogP contribution in [-0.2, 0) is 26.5 Å². The number of imidazole rings is 1. The number of pyridine rings is 1. The molecule has 4 fully saturated rings. The molecule has 68 heavy (non-hydrogen) atoms. The molecule has 0 aliphatic heterocycles. The van der Waals surface area contributed by atoms with Gasteiger partial charge in [0.05, 0.1) is 30.5 Å². The first-order chi connectivity index (χ1) is 32.5. The molecule has 13 rings (SSSR count). The Morgan fingerprint density at radius 2 is 1.34 bits per heavy atom. The van der Waals surface area contributed by atoms with Gasteiger partial charge in [-0.15, -0.1) is 54.1 Å². The van der Waals surface area contributed by atoms with Gasteiger partial charge in [0, 0.05) is 37.4 Å². The van der Waals surface area contributed by atoms with Crippen molar-refractivity contribution in [2.45, 2.75) is 97.7 Å². The fourth-order valence-corrected chi connectivity index (χ4v) is 14.1. The van der Waals surface area contributed by atoms with Crippen LogP contribution in [-0.4, -0.2) is 22.6 Å². The van der Waals surface area contributed by atoms with Gasteiger partial charge in [0.25, 0.3) is 0 Å². The van der Waals surface area contributed by atoms with E-state index in [0.717, 1.165) is 85.2 Å². The predicted molar refractivity (Wildman–Crippen MR) is 282 cm³/mol. The molecule has 0 N–H and O–H groups in total. The molecule has 4 aliphatic rings. The number of benzene rings is 6. The Bertz CT molecular complexity index is 3180. The SMILES string of the molecule is CC(C)c1cc(-c2ccccc2)cc(C(C)C)c1-n1c(-c2[c-]ccc3c2oc2ccccc23)nc2ccccc21.C[Si](C)(C)c1cnc(-c2[c-]cccc2)cc1CC1C2CC3CC(C2)CC1C3.[Ir]. The summed E-state index contributed by atoms with van der Waals surface area (Å²) in [6.07, 6.45) is 11.1. The van der Waals surface area contributed by atoms with Crippen LogP contribution in [0.15, 0.2) is 144 Å². The van der Waals surface area contributed by atoms with Gasteiger partial charge in [0.15, 0.2) is 0 Å². The maximum absolute atomic E-state index is 6.47. The van der Waals surface area contributed by atoms with E-state index in [2.05, 4.69) is 173 Å². The van der Waals surface area contributed by atoms with Crippen molar-refractivity contribution in [3.63, 3.8) is 0 Å². The molecule has 0 atom stereocenters. The van der Waals surface area contributed by atoms with Gasteiger partial charge in [0.2, 0.25) is 0 Å². The number of para-hydroxylation sites is 3. The quantitative estimate of drug-likeness (QED) is 0.107. The molecule has 6 heteroatoms. The first-order valence-electron chi connectivity index (χ1n) is 25.0. The minimum absolute atomic E-state index is 0. The maximum Gasteiger partial charge on any atom is 0.120 e. The molecule has 4 bridgehead atoms. The zero-order valence-electron chi connectivity index (χ0n) is 40.6. The third kappa shape index (κ3) is 8.67. The molecule has 347 valence electrons. The summed E-state index contributed by atoms with van der Waals surface area (Å²) in [7, 11) is -1.40. The van der Waals surface area contributed by atoms with Crippen LogP contribution in [0.4, 0.5) is 0 Å². The van der Waals surface area contributed by atoms with Crippen molar-refractivity contribution in [1.82, 2.24) is 14.5 Å². The average Bonchev–Trinajstić information content (AvgIpc) is 3.91. The van der Waals surface area contributed by atoms with Crippen molar-refractivity contribution in [2.24, 2.45) is 29.6 Å². The van der Waals surface area contributed by atoms with Crippen molar-refractivity contribution in [3.05, 3.63) is 168 Å². The zero-order chi connectivity index (χ0) is 46.0. The number of nitrogens with zero attached hydrogens (tertiary/aromatic N) is 3. The van der Waals surface area contributed by atoms with E-state index in [9.17, 15) is 0 Å². The summed E-state index contributed by atoms with van der Waals surface area (Å²) in [5.41, 5.74) is 14.7. The number of hydrogen-bond donors (Lipinski definition) is 0. The van der Waals surface area contributed by atoms with Crippen LogP contribution in [0.3, 0.4) is 0 Å². The smallest absolute Gasteiger partial charge is 0.120 e. The van der Waals surface area contributed by atoms with Crippen LogP contribution in [0.2, 0.25) is 19.6 Å². The van der Waals surface area contributed by atoms with Crippen LogP contribution in [0, 0.1) is 41.7 Å². The number of furan rings is 1. The van der Waals surface area contributed by atoms with Crippen molar-refractivity contribution in [1.29, 1.82) is 0 Å². The van der Waals surface area contributed by atoms with Gasteiger partial charge >= 0.3 is 0 Å². The summed E-state index contributed by atoms with van der Waals surface area (Å²) in [5, 5.41) is 3.76. The van der Waals surface area contributed by atoms with Gasteiger partial charge in [-0.2, -0.15) is 0 Å². The van der Waals surface area contributed by atoms with Gasteiger partial charge < -0.3 is 14.0 Å². The Hall–Kier alpha value is -5.39. The second-order valence-electron chi connectivity index (χ2n) is 21.7. The van der Waals surface area contributed by atoms with Gasteiger partial charge in [-0.3, -0.25) is 4.98 Å². The fraction of sp³-hybridized carbons (Fsp3) is 0.323. The van der Waals surface area contributed by atoms with E-state index < -0.39 is 8.07 Å². The number of hydrogen-bond acceptors (Lipinski definition) is 3. The number of aromatic nitrogens is 3. The summed E-state index contributed by atoms with van der Waals surface area (Å²) in [6.45, 7) is 16.5. The van der Waals surface area contributed by atoms with E-state index in [1.165, 1.54) is 60.0 Å². The fourth-order valence-electron chi connectivity index (χ4n) is 12.6. The molecular weight excluding hydrogens is 1020 g/mol. The van der Waals surface area contributed by atoms with E-state index in [-0.39, 0.29) is 20.1 Å². The molecule has 3 aromatic heterocycles. The Morgan fingerprint density at radius 3 is 2.01 bits per heavy atom. The van der Waals surface area contributed by atoms with Crippen LogP contribution in [0.5, 0.6) is 0 Å². The number of fused-ring (bicyclic) bond motifs is 4. The third-order valence-electron chi connectivity index (χ3n) is 15.5. The monoisotopic (exact) mass is 1090 g/mol. The van der Waals surface area contributed by atoms with Crippen molar-refractivity contribution in [3.8, 4) is 39.5 Å². The zero-order valence-corrected chi connectivity index (χ0v) is 44.0. The van der Waals surface area contributed by atoms with Crippen LogP contribution < -0.4 is 5.19 Å². The normalized spacial score (nSPS) is 19.8. The van der Waals surface area contributed by atoms with E-state index in [1.807, 2.05) is 30.3 Å². The number of rotatable bonds is 9. The second-order valence-corrected chi connectivity index (χ2v) is 26.7. The molecule has 0 unspecified atom stereocenters. The minimum atomic E-state index is -1.40. The van der Waals surface area contributed by atoms with Gasteiger partial charge in [-0.1, -0.05) is 131 Å². The standard InChI is InChI=1S/C37H31N2O.C25H32NSi.Ir/c1-23(2)30-21-26(25-13-6-5-7-14-25)22-31(24(3)4)35(30)39-33-19-10-9-18-32(33)38-37(39)29-17-12-16-28-27-15-8-11-20-34(27)40-36(28)29;1-27(2,3)25-16-26-24(19-7-5-4-6-8-19)15-22(25)14-23-20-10-17-9-18(12-20)13-21(23)11-17;/h5-16,18-24H,1-4H3;4-7,15-18,20-21,23H,9-14H2,1-3H3;/q2*-1;. The Morgan fingerprint density at radius 1 is 0.676 bits per heavy atom. The largest absolute Gasteiger partial charge is 0.501 e. The third-order valence-corrected chi connectivity index (χ3v) is 17.6. The first kappa shape index (κ1) is 46.3. The molecular formula is C62H63IrN3OSi-2. The Balaban J connectivity index is 0.000000168. The molecule has 6 aromatic carbocycles. The van der Waals surface area contributed by atoms with Crippen LogP contribution in [0.1, 0.15) is 88.3 Å². The van der Waals surface area contributed by atoms with Crippen molar-refractivity contribution in [2.75, 3.05) is 0 Å². The summed E-state index contributed by atoms with van der Waals surface area (Å²) in [6, 6.07) is 53.7. The summed E-state index contributed by atoms with van der Waals surface area (Å²) in [5.74, 6) is 6.49. The van der Waals surface area contributed by atoms with E-state index in [4.69, 9.17) is 14.4 Å². The molecule has 1 radical (unpaired) electrons. The van der Waals surface area contributed by atoms with Gasteiger partial charge in [-0.25, -0.2) is 0 Å². The predicted octanol–water partition coefficient (Wildman–Crippen LogP) is 16.0. The second kappa shape index (κ2) is 18.8. The Labute approximate surface area is 418 Å². The molecule has 9 aromatic rings. The Kier molecular flexibility index (Phi) is 12.8. The molecule has 4 aliphatic carbocycles. The average molecular weight is 1090 g/mol.